The number of nitrogens with zero attached hydrogens (tertiary/aromatic N) is 5. The molecule has 1 N–H and O–H groups in total. The van der Waals surface area contributed by atoms with E-state index < -0.39 is 6.09 Å². The van der Waals surface area contributed by atoms with E-state index in [2.05, 4.69) is 15.1 Å². The second-order valence-corrected chi connectivity index (χ2v) is 8.66. The maximum Gasteiger partial charge on any atom is 0.407 e. The molecule has 0 spiro atoms. The predicted molar refractivity (Wildman–Crippen MR) is 127 cm³/mol. The van der Waals surface area contributed by atoms with Crippen molar-refractivity contribution in [2.24, 2.45) is 0 Å². The van der Waals surface area contributed by atoms with Gasteiger partial charge >= 0.3 is 6.09 Å². The number of aromatic nitrogens is 4. The lowest BCUT2D eigenvalue weighted by atomic mass is 10.0. The summed E-state index contributed by atoms with van der Waals surface area (Å²) in [6.45, 7) is 1.01. The lowest BCUT2D eigenvalue weighted by molar-refractivity contribution is 0.124. The smallest absolute Gasteiger partial charge is 0.407 e. The summed E-state index contributed by atoms with van der Waals surface area (Å²) in [5, 5.41) is 14.1. The summed E-state index contributed by atoms with van der Waals surface area (Å²) in [5.74, 6) is -0.387. The van der Waals surface area contributed by atoms with Crippen LogP contribution in [0.5, 0.6) is 0 Å². The Kier molecular flexibility index (Phi) is 5.98. The Bertz CT molecular complexity index is 1350. The molecular weight excluding hydrogens is 457 g/mol. The molecule has 1 saturated heterocycles. The quantitative estimate of drug-likeness (QED) is 0.402. The molecule has 1 amide bonds. The van der Waals surface area contributed by atoms with Crippen molar-refractivity contribution >= 4 is 17.7 Å². The zero-order valence-corrected chi connectivity index (χ0v) is 18.9. The SMILES string of the molecule is O=C(O)N1CCC(n2cc(-c3cncc(-c4ccnc(-c5cc(Cl)ccc5F)c4)c3)cn2)CC1. The third-order valence-electron chi connectivity index (χ3n) is 6.08. The van der Waals surface area contributed by atoms with Crippen molar-refractivity contribution in [2.75, 3.05) is 13.1 Å². The van der Waals surface area contributed by atoms with Gasteiger partial charge in [0, 0.05) is 65.2 Å². The summed E-state index contributed by atoms with van der Waals surface area (Å²) in [5.41, 5.74) is 4.37. The molecule has 1 fully saturated rings. The summed E-state index contributed by atoms with van der Waals surface area (Å²) in [7, 11) is 0. The van der Waals surface area contributed by atoms with Gasteiger partial charge in [0.1, 0.15) is 5.82 Å². The van der Waals surface area contributed by atoms with Crippen molar-refractivity contribution < 1.29 is 14.3 Å². The van der Waals surface area contributed by atoms with Crippen LogP contribution in [0.3, 0.4) is 0 Å². The topological polar surface area (TPSA) is 84.1 Å². The molecule has 34 heavy (non-hydrogen) atoms. The summed E-state index contributed by atoms with van der Waals surface area (Å²) >= 11 is 6.05. The Morgan fingerprint density at radius 2 is 1.76 bits per heavy atom. The highest BCUT2D eigenvalue weighted by atomic mass is 35.5. The van der Waals surface area contributed by atoms with Gasteiger partial charge in [0.2, 0.25) is 0 Å². The lowest BCUT2D eigenvalue weighted by Gasteiger charge is -2.30. The van der Waals surface area contributed by atoms with Crippen LogP contribution in [0.15, 0.2) is 67.4 Å². The number of benzene rings is 1. The fourth-order valence-corrected chi connectivity index (χ4v) is 4.39. The molecule has 4 heterocycles. The third-order valence-corrected chi connectivity index (χ3v) is 6.31. The summed E-state index contributed by atoms with van der Waals surface area (Å²) in [6, 6.07) is 10.2. The van der Waals surface area contributed by atoms with Crippen LogP contribution in [0.4, 0.5) is 9.18 Å². The van der Waals surface area contributed by atoms with Crippen molar-refractivity contribution in [3.63, 3.8) is 0 Å². The number of amides is 1. The number of carboxylic acid groups (broad SMARTS) is 1. The number of rotatable bonds is 4. The average Bonchev–Trinajstić information content (AvgIpc) is 3.36. The van der Waals surface area contributed by atoms with Gasteiger partial charge in [-0.3, -0.25) is 14.6 Å². The van der Waals surface area contributed by atoms with E-state index in [1.807, 2.05) is 29.1 Å². The minimum absolute atomic E-state index is 0.163. The molecule has 1 aromatic carbocycles. The van der Waals surface area contributed by atoms with E-state index in [1.165, 1.54) is 17.0 Å². The summed E-state index contributed by atoms with van der Waals surface area (Å²) < 4.78 is 16.3. The Labute approximate surface area is 200 Å². The Morgan fingerprint density at radius 3 is 2.53 bits per heavy atom. The lowest BCUT2D eigenvalue weighted by Crippen LogP contribution is -2.38. The molecule has 9 heteroatoms. The molecule has 0 unspecified atom stereocenters. The number of piperidine rings is 1. The van der Waals surface area contributed by atoms with Crippen LogP contribution >= 0.6 is 11.6 Å². The van der Waals surface area contributed by atoms with Crippen molar-refractivity contribution in [3.8, 4) is 33.5 Å². The molecule has 172 valence electrons. The van der Waals surface area contributed by atoms with Gasteiger partial charge in [-0.25, -0.2) is 9.18 Å². The van der Waals surface area contributed by atoms with Crippen LogP contribution in [0.1, 0.15) is 18.9 Å². The predicted octanol–water partition coefficient (Wildman–Crippen LogP) is 5.78. The maximum absolute atomic E-state index is 14.3. The maximum atomic E-state index is 14.3. The summed E-state index contributed by atoms with van der Waals surface area (Å²) in [6.07, 6.45) is 9.51. The largest absolute Gasteiger partial charge is 0.465 e. The highest BCUT2D eigenvalue weighted by Crippen LogP contribution is 2.31. The highest BCUT2D eigenvalue weighted by molar-refractivity contribution is 6.30. The molecule has 4 aromatic rings. The Hall–Kier alpha value is -3.78. The van der Waals surface area contributed by atoms with Crippen molar-refractivity contribution in [1.29, 1.82) is 0 Å². The number of hydrogen-bond donors (Lipinski definition) is 1. The normalized spacial score (nSPS) is 14.4. The third kappa shape index (κ3) is 4.49. The van der Waals surface area contributed by atoms with Gasteiger partial charge in [-0.1, -0.05) is 11.6 Å². The fraction of sp³-hybridized carbons (Fsp3) is 0.200. The van der Waals surface area contributed by atoms with Gasteiger partial charge in [-0.15, -0.1) is 0 Å². The molecule has 0 aliphatic carbocycles. The van der Waals surface area contributed by atoms with E-state index in [0.717, 1.165) is 35.1 Å². The number of pyridine rings is 2. The molecule has 0 radical (unpaired) electrons. The van der Waals surface area contributed by atoms with Gasteiger partial charge < -0.3 is 10.0 Å². The second kappa shape index (κ2) is 9.23. The zero-order chi connectivity index (χ0) is 23.7. The number of carbonyl (C=O) groups is 1. The van der Waals surface area contributed by atoms with E-state index >= 15 is 0 Å². The highest BCUT2D eigenvalue weighted by Gasteiger charge is 2.24. The molecule has 7 nitrogen and oxygen atoms in total. The average molecular weight is 478 g/mol. The van der Waals surface area contributed by atoms with E-state index in [-0.39, 0.29) is 11.9 Å². The van der Waals surface area contributed by atoms with E-state index in [4.69, 9.17) is 16.7 Å². The van der Waals surface area contributed by atoms with E-state index in [0.29, 0.717) is 29.4 Å². The molecule has 0 saturated carbocycles. The Balaban J connectivity index is 1.39. The Morgan fingerprint density at radius 1 is 1.00 bits per heavy atom. The molecule has 1 aliphatic heterocycles. The first-order valence-corrected chi connectivity index (χ1v) is 11.2. The van der Waals surface area contributed by atoms with Crippen molar-refractivity contribution in [2.45, 2.75) is 18.9 Å². The van der Waals surface area contributed by atoms with Gasteiger partial charge in [-0.05, 0) is 54.8 Å². The minimum atomic E-state index is -0.875. The van der Waals surface area contributed by atoms with Crippen molar-refractivity contribution in [3.05, 3.63) is 78.2 Å². The first-order valence-electron chi connectivity index (χ1n) is 10.9. The number of halogens is 2. The molecule has 1 aliphatic rings. The molecule has 0 bridgehead atoms. The number of likely N-dealkylation sites (tertiary alicyclic amines) is 1. The molecule has 3 aromatic heterocycles. The molecular formula is C25H21ClFN5O2. The van der Waals surface area contributed by atoms with Crippen LogP contribution in [-0.2, 0) is 0 Å². The van der Waals surface area contributed by atoms with Gasteiger partial charge in [0.05, 0.1) is 17.9 Å². The minimum Gasteiger partial charge on any atom is -0.465 e. The molecule has 5 rings (SSSR count). The first-order chi connectivity index (χ1) is 16.5. The monoisotopic (exact) mass is 477 g/mol. The van der Waals surface area contributed by atoms with Crippen LogP contribution in [0.25, 0.3) is 33.5 Å². The van der Waals surface area contributed by atoms with Crippen molar-refractivity contribution in [1.82, 2.24) is 24.6 Å². The second-order valence-electron chi connectivity index (χ2n) is 8.23. The van der Waals surface area contributed by atoms with Gasteiger partial charge in [0.25, 0.3) is 0 Å². The van der Waals surface area contributed by atoms with E-state index in [1.54, 1.807) is 30.9 Å². The first kappa shape index (κ1) is 22.0. The summed E-state index contributed by atoms with van der Waals surface area (Å²) in [4.78, 5) is 21.3. The van der Waals surface area contributed by atoms with E-state index in [9.17, 15) is 9.18 Å². The van der Waals surface area contributed by atoms with Crippen LogP contribution in [0.2, 0.25) is 5.02 Å². The van der Waals surface area contributed by atoms with Crippen LogP contribution in [-0.4, -0.2) is 48.9 Å². The van der Waals surface area contributed by atoms with Crippen LogP contribution in [0, 0.1) is 5.82 Å². The fourth-order valence-electron chi connectivity index (χ4n) is 4.22. The number of hydrogen-bond acceptors (Lipinski definition) is 4. The zero-order valence-electron chi connectivity index (χ0n) is 18.1. The van der Waals surface area contributed by atoms with Gasteiger partial charge in [-0.2, -0.15) is 5.10 Å². The molecule has 0 atom stereocenters. The van der Waals surface area contributed by atoms with Crippen LogP contribution < -0.4 is 0 Å². The standard InChI is InChI=1S/C25H21ClFN5O2/c26-20-1-2-23(27)22(11-20)24-10-16(3-6-29-24)17-9-18(13-28-12-17)19-14-30-32(15-19)21-4-7-31(8-5-21)25(33)34/h1-3,6,9-15,21H,4-5,7-8H2,(H,33,34). The van der Waals surface area contributed by atoms with Gasteiger partial charge in [0.15, 0.2) is 0 Å².